The molecule has 0 amide bonds. The predicted octanol–water partition coefficient (Wildman–Crippen LogP) is 0.0730. The monoisotopic (exact) mass is 288 g/mol. The topological polar surface area (TPSA) is 104 Å². The summed E-state index contributed by atoms with van der Waals surface area (Å²) in [5, 5.41) is 13.3. The molecule has 19 heavy (non-hydrogen) atoms. The number of aromatic amines is 1. The summed E-state index contributed by atoms with van der Waals surface area (Å²) in [7, 11) is -3.51. The first-order valence-electron chi connectivity index (χ1n) is 6.39. The fourth-order valence-corrected chi connectivity index (χ4v) is 4.11. The minimum atomic E-state index is -3.51. The van der Waals surface area contributed by atoms with Crippen LogP contribution in [0.25, 0.3) is 0 Å². The molecule has 2 rings (SSSR count). The van der Waals surface area contributed by atoms with Gasteiger partial charge >= 0.3 is 0 Å². The lowest BCUT2D eigenvalue weighted by Gasteiger charge is -2.34. The SMILES string of the molecule is CC1CC(C)CN(S(=O)(=O)NC(C)c2nn[nH]n2)C1. The van der Waals surface area contributed by atoms with Gasteiger partial charge in [0, 0.05) is 13.1 Å². The van der Waals surface area contributed by atoms with Crippen LogP contribution in [0.1, 0.15) is 39.1 Å². The van der Waals surface area contributed by atoms with Crippen LogP contribution < -0.4 is 4.72 Å². The lowest BCUT2D eigenvalue weighted by atomic mass is 9.94. The Morgan fingerprint density at radius 2 is 2.00 bits per heavy atom. The average molecular weight is 288 g/mol. The van der Waals surface area contributed by atoms with Crippen LogP contribution in [0, 0.1) is 11.8 Å². The van der Waals surface area contributed by atoms with Crippen molar-refractivity contribution in [2.75, 3.05) is 13.1 Å². The summed E-state index contributed by atoms with van der Waals surface area (Å²) in [4.78, 5) is 0. The first kappa shape index (κ1) is 14.4. The fourth-order valence-electron chi connectivity index (χ4n) is 2.51. The second kappa shape index (κ2) is 5.51. The van der Waals surface area contributed by atoms with E-state index < -0.39 is 16.3 Å². The number of tetrazole rings is 1. The molecule has 0 bridgehead atoms. The van der Waals surface area contributed by atoms with Gasteiger partial charge in [0.05, 0.1) is 6.04 Å². The van der Waals surface area contributed by atoms with E-state index in [0.717, 1.165) is 6.42 Å². The van der Waals surface area contributed by atoms with E-state index in [9.17, 15) is 8.42 Å². The van der Waals surface area contributed by atoms with Crippen molar-refractivity contribution in [1.82, 2.24) is 29.7 Å². The highest BCUT2D eigenvalue weighted by molar-refractivity contribution is 7.87. The third-order valence-corrected chi connectivity index (χ3v) is 4.88. The second-order valence-electron chi connectivity index (χ2n) is 5.38. The van der Waals surface area contributed by atoms with Crippen molar-refractivity contribution in [3.8, 4) is 0 Å². The maximum absolute atomic E-state index is 12.3. The van der Waals surface area contributed by atoms with Crippen LogP contribution in [0.2, 0.25) is 0 Å². The number of nitrogens with one attached hydrogen (secondary N) is 2. The summed E-state index contributed by atoms with van der Waals surface area (Å²) in [5.41, 5.74) is 0. The van der Waals surface area contributed by atoms with Crippen LogP contribution >= 0.6 is 0 Å². The lowest BCUT2D eigenvalue weighted by molar-refractivity contribution is 0.219. The summed E-state index contributed by atoms with van der Waals surface area (Å²) in [6.07, 6.45) is 1.06. The minimum absolute atomic E-state index is 0.335. The Bertz CT molecular complexity index is 492. The van der Waals surface area contributed by atoms with Gasteiger partial charge in [-0.05, 0) is 25.2 Å². The molecule has 0 spiro atoms. The molecule has 1 aromatic heterocycles. The van der Waals surface area contributed by atoms with Crippen LogP contribution in [-0.2, 0) is 10.2 Å². The van der Waals surface area contributed by atoms with Gasteiger partial charge in [-0.15, -0.1) is 10.2 Å². The highest BCUT2D eigenvalue weighted by atomic mass is 32.2. The third kappa shape index (κ3) is 3.48. The molecule has 8 nitrogen and oxygen atoms in total. The maximum atomic E-state index is 12.3. The summed E-state index contributed by atoms with van der Waals surface area (Å²) in [6.45, 7) is 6.94. The highest BCUT2D eigenvalue weighted by Gasteiger charge is 2.31. The number of hydrogen-bond donors (Lipinski definition) is 2. The zero-order valence-corrected chi connectivity index (χ0v) is 12.2. The predicted molar refractivity (Wildman–Crippen MR) is 69.2 cm³/mol. The van der Waals surface area contributed by atoms with Gasteiger partial charge in [0.1, 0.15) is 0 Å². The van der Waals surface area contributed by atoms with Gasteiger partial charge in [-0.3, -0.25) is 0 Å². The quantitative estimate of drug-likeness (QED) is 0.816. The molecule has 9 heteroatoms. The van der Waals surface area contributed by atoms with E-state index >= 15 is 0 Å². The smallest absolute Gasteiger partial charge is 0.195 e. The molecule has 108 valence electrons. The average Bonchev–Trinajstić information content (AvgIpc) is 2.80. The normalized spacial score (nSPS) is 27.3. The summed E-state index contributed by atoms with van der Waals surface area (Å²) in [5.74, 6) is 1.09. The molecule has 1 saturated heterocycles. The van der Waals surface area contributed by atoms with E-state index in [1.165, 1.54) is 4.31 Å². The van der Waals surface area contributed by atoms with Gasteiger partial charge in [-0.1, -0.05) is 19.1 Å². The van der Waals surface area contributed by atoms with Crippen LogP contribution in [0.5, 0.6) is 0 Å². The van der Waals surface area contributed by atoms with Crippen molar-refractivity contribution in [1.29, 1.82) is 0 Å². The van der Waals surface area contributed by atoms with E-state index in [-0.39, 0.29) is 0 Å². The fraction of sp³-hybridized carbons (Fsp3) is 0.900. The standard InChI is InChI=1S/C10H20N6O2S/c1-7-4-8(2)6-16(5-7)19(17,18)13-9(3)10-11-14-15-12-10/h7-9,13H,4-6H2,1-3H3,(H,11,12,14,15). The number of rotatable bonds is 4. The van der Waals surface area contributed by atoms with Crippen molar-refractivity contribution >= 4 is 10.2 Å². The number of piperidine rings is 1. The zero-order valence-electron chi connectivity index (χ0n) is 11.4. The van der Waals surface area contributed by atoms with Crippen molar-refractivity contribution in [2.24, 2.45) is 11.8 Å². The molecule has 0 saturated carbocycles. The molecule has 1 aliphatic rings. The number of H-pyrrole nitrogens is 1. The summed E-state index contributed by atoms with van der Waals surface area (Å²) in [6, 6.07) is -0.503. The molecule has 0 radical (unpaired) electrons. The van der Waals surface area contributed by atoms with Gasteiger partial charge in [0.25, 0.3) is 10.2 Å². The van der Waals surface area contributed by atoms with E-state index in [1.54, 1.807) is 6.92 Å². The molecule has 0 aromatic carbocycles. The van der Waals surface area contributed by atoms with E-state index in [2.05, 4.69) is 39.2 Å². The molecule has 3 atom stereocenters. The number of nitrogens with zero attached hydrogens (tertiary/aromatic N) is 4. The van der Waals surface area contributed by atoms with Crippen molar-refractivity contribution in [2.45, 2.75) is 33.2 Å². The summed E-state index contributed by atoms with van der Waals surface area (Å²) < 4.78 is 28.7. The van der Waals surface area contributed by atoms with Gasteiger partial charge in [0.2, 0.25) is 0 Å². The Hall–Kier alpha value is -1.06. The van der Waals surface area contributed by atoms with E-state index in [0.29, 0.717) is 30.7 Å². The Morgan fingerprint density at radius 1 is 1.37 bits per heavy atom. The van der Waals surface area contributed by atoms with Crippen molar-refractivity contribution in [3.05, 3.63) is 5.82 Å². The van der Waals surface area contributed by atoms with Crippen LogP contribution in [-0.4, -0.2) is 46.4 Å². The van der Waals surface area contributed by atoms with Gasteiger partial charge in [-0.25, -0.2) is 0 Å². The van der Waals surface area contributed by atoms with Crippen molar-refractivity contribution in [3.63, 3.8) is 0 Å². The van der Waals surface area contributed by atoms with Crippen LogP contribution in [0.4, 0.5) is 0 Å². The molecule has 0 aliphatic carbocycles. The minimum Gasteiger partial charge on any atom is -0.195 e. The Kier molecular flexibility index (Phi) is 4.16. The molecule has 3 unspecified atom stereocenters. The highest BCUT2D eigenvalue weighted by Crippen LogP contribution is 2.23. The lowest BCUT2D eigenvalue weighted by Crippen LogP contribution is -2.48. The first-order chi connectivity index (χ1) is 8.88. The van der Waals surface area contributed by atoms with Gasteiger partial charge in [0.15, 0.2) is 5.82 Å². The molecular formula is C10H20N6O2S. The Balaban J connectivity index is 2.05. The third-order valence-electron chi connectivity index (χ3n) is 3.25. The Labute approximate surface area is 113 Å². The van der Waals surface area contributed by atoms with E-state index in [1.807, 2.05) is 0 Å². The second-order valence-corrected chi connectivity index (χ2v) is 7.08. The van der Waals surface area contributed by atoms with Crippen LogP contribution in [0.3, 0.4) is 0 Å². The Morgan fingerprint density at radius 3 is 2.53 bits per heavy atom. The zero-order chi connectivity index (χ0) is 14.0. The molecule has 1 aromatic rings. The molecular weight excluding hydrogens is 268 g/mol. The van der Waals surface area contributed by atoms with Crippen molar-refractivity contribution < 1.29 is 8.42 Å². The molecule has 2 N–H and O–H groups in total. The van der Waals surface area contributed by atoms with Crippen LogP contribution in [0.15, 0.2) is 0 Å². The molecule has 2 heterocycles. The maximum Gasteiger partial charge on any atom is 0.280 e. The van der Waals surface area contributed by atoms with Gasteiger partial charge < -0.3 is 0 Å². The van der Waals surface area contributed by atoms with Gasteiger partial charge in [-0.2, -0.15) is 22.7 Å². The number of hydrogen-bond acceptors (Lipinski definition) is 5. The molecule has 1 fully saturated rings. The molecule has 1 aliphatic heterocycles. The largest absolute Gasteiger partial charge is 0.280 e. The first-order valence-corrected chi connectivity index (χ1v) is 7.83. The number of aromatic nitrogens is 4. The summed E-state index contributed by atoms with van der Waals surface area (Å²) >= 11 is 0. The van der Waals surface area contributed by atoms with E-state index in [4.69, 9.17) is 0 Å².